The lowest BCUT2D eigenvalue weighted by Crippen LogP contribution is -2.41. The first-order valence-electron chi connectivity index (χ1n) is 12.5. The largest absolute Gasteiger partial charge is 0.457 e. The number of nitrogens with zero attached hydrogens (tertiary/aromatic N) is 1. The van der Waals surface area contributed by atoms with E-state index in [0.29, 0.717) is 11.3 Å². The maximum absolute atomic E-state index is 13.9. The first-order valence-corrected chi connectivity index (χ1v) is 12.5. The van der Waals surface area contributed by atoms with Gasteiger partial charge in [0, 0.05) is 11.8 Å². The molecule has 5 heteroatoms. The van der Waals surface area contributed by atoms with Crippen LogP contribution in [0.2, 0.25) is 0 Å². The number of carbonyl (C=O) groups is 3. The van der Waals surface area contributed by atoms with Crippen LogP contribution in [0.25, 0.3) is 0 Å². The SMILES string of the molecule is O=C(OCc1ccccc1)c1ccc(N2C(=O)C3C4c5ccccc5C(c5ccccc54)C3C2=O)cc1. The maximum Gasteiger partial charge on any atom is 0.338 e. The first-order chi connectivity index (χ1) is 18.1. The van der Waals surface area contributed by atoms with E-state index in [9.17, 15) is 14.4 Å². The fourth-order valence-corrected chi connectivity index (χ4v) is 6.48. The van der Waals surface area contributed by atoms with Crippen LogP contribution in [0.1, 0.15) is 50.0 Å². The van der Waals surface area contributed by atoms with Gasteiger partial charge in [-0.15, -0.1) is 0 Å². The summed E-state index contributed by atoms with van der Waals surface area (Å²) in [6, 6.07) is 32.4. The van der Waals surface area contributed by atoms with Gasteiger partial charge in [-0.1, -0.05) is 78.9 Å². The van der Waals surface area contributed by atoms with E-state index in [1.54, 1.807) is 24.3 Å². The van der Waals surface area contributed by atoms with Crippen LogP contribution in [0.4, 0.5) is 5.69 Å². The average molecular weight is 486 g/mol. The lowest BCUT2D eigenvalue weighted by atomic mass is 9.55. The molecule has 0 N–H and O–H groups in total. The number of ether oxygens (including phenoxy) is 1. The van der Waals surface area contributed by atoms with Crippen molar-refractivity contribution in [3.63, 3.8) is 0 Å². The van der Waals surface area contributed by atoms with Gasteiger partial charge in [0.1, 0.15) is 6.61 Å². The molecule has 1 saturated heterocycles. The number of rotatable bonds is 4. The number of benzene rings is 4. The van der Waals surface area contributed by atoms with E-state index in [1.807, 2.05) is 54.6 Å². The van der Waals surface area contributed by atoms with Crippen LogP contribution in [-0.4, -0.2) is 17.8 Å². The lowest BCUT2D eigenvalue weighted by molar-refractivity contribution is -0.122. The van der Waals surface area contributed by atoms with Crippen molar-refractivity contribution in [2.75, 3.05) is 4.90 Å². The third-order valence-electron chi connectivity index (χ3n) is 8.02. The first kappa shape index (κ1) is 21.7. The molecule has 8 rings (SSSR count). The van der Waals surface area contributed by atoms with E-state index in [-0.39, 0.29) is 30.3 Å². The van der Waals surface area contributed by atoms with E-state index in [0.717, 1.165) is 27.8 Å². The van der Waals surface area contributed by atoms with Crippen molar-refractivity contribution in [1.29, 1.82) is 0 Å². The van der Waals surface area contributed by atoms with Crippen LogP contribution in [0.5, 0.6) is 0 Å². The van der Waals surface area contributed by atoms with Gasteiger partial charge in [-0.05, 0) is 52.1 Å². The molecule has 0 aromatic heterocycles. The number of amides is 2. The number of imide groups is 1. The molecule has 4 aliphatic rings. The predicted molar refractivity (Wildman–Crippen MR) is 138 cm³/mol. The molecule has 0 radical (unpaired) electrons. The van der Waals surface area contributed by atoms with Crippen molar-refractivity contribution in [2.24, 2.45) is 11.8 Å². The Hall–Kier alpha value is -4.51. The third kappa shape index (κ3) is 3.20. The van der Waals surface area contributed by atoms with Crippen LogP contribution in [0.3, 0.4) is 0 Å². The molecule has 0 spiro atoms. The molecule has 2 unspecified atom stereocenters. The average Bonchev–Trinajstić information content (AvgIpc) is 3.22. The molecule has 2 amide bonds. The number of hydrogen-bond donors (Lipinski definition) is 0. The smallest absolute Gasteiger partial charge is 0.338 e. The number of esters is 1. The molecular formula is C32H23NO4. The van der Waals surface area contributed by atoms with Gasteiger partial charge in [0.2, 0.25) is 11.8 Å². The van der Waals surface area contributed by atoms with Crippen molar-refractivity contribution in [1.82, 2.24) is 0 Å². The Morgan fingerprint density at radius 3 is 1.57 bits per heavy atom. The van der Waals surface area contributed by atoms with Gasteiger partial charge in [0.15, 0.2) is 0 Å². The topological polar surface area (TPSA) is 63.7 Å². The Morgan fingerprint density at radius 1 is 0.622 bits per heavy atom. The molecule has 1 heterocycles. The van der Waals surface area contributed by atoms with Gasteiger partial charge in [-0.3, -0.25) is 9.59 Å². The summed E-state index contributed by atoms with van der Waals surface area (Å²) in [5.74, 6) is -1.95. The maximum atomic E-state index is 13.9. The van der Waals surface area contributed by atoms with Crippen LogP contribution in [0, 0.1) is 11.8 Å². The van der Waals surface area contributed by atoms with Crippen LogP contribution in [-0.2, 0) is 20.9 Å². The molecule has 180 valence electrons. The Kier molecular flexibility index (Phi) is 4.86. The zero-order valence-electron chi connectivity index (χ0n) is 19.9. The molecule has 5 nitrogen and oxygen atoms in total. The van der Waals surface area contributed by atoms with Gasteiger partial charge in [-0.25, -0.2) is 9.69 Å². The van der Waals surface area contributed by atoms with Crippen molar-refractivity contribution in [2.45, 2.75) is 18.4 Å². The fourth-order valence-electron chi connectivity index (χ4n) is 6.48. The lowest BCUT2D eigenvalue weighted by Gasteiger charge is -2.45. The highest BCUT2D eigenvalue weighted by molar-refractivity contribution is 6.23. The van der Waals surface area contributed by atoms with E-state index >= 15 is 0 Å². The summed E-state index contributed by atoms with van der Waals surface area (Å²) < 4.78 is 5.42. The predicted octanol–water partition coefficient (Wildman–Crippen LogP) is 5.44. The summed E-state index contributed by atoms with van der Waals surface area (Å²) >= 11 is 0. The van der Waals surface area contributed by atoms with E-state index in [2.05, 4.69) is 24.3 Å². The molecule has 0 saturated carbocycles. The van der Waals surface area contributed by atoms with Gasteiger partial charge in [0.25, 0.3) is 0 Å². The van der Waals surface area contributed by atoms with Crippen molar-refractivity contribution in [3.05, 3.63) is 137 Å². The van der Waals surface area contributed by atoms with Crippen LogP contribution >= 0.6 is 0 Å². The summed E-state index contributed by atoms with van der Waals surface area (Å²) in [5, 5.41) is 0. The summed E-state index contributed by atoms with van der Waals surface area (Å²) in [6.07, 6.45) is 0. The third-order valence-corrected chi connectivity index (χ3v) is 8.02. The Bertz CT molecular complexity index is 1440. The van der Waals surface area contributed by atoms with Crippen LogP contribution < -0.4 is 4.90 Å². The molecule has 37 heavy (non-hydrogen) atoms. The van der Waals surface area contributed by atoms with Gasteiger partial charge in [-0.2, -0.15) is 0 Å². The summed E-state index contributed by atoms with van der Waals surface area (Å²) in [7, 11) is 0. The van der Waals surface area contributed by atoms with E-state index in [4.69, 9.17) is 4.74 Å². The molecule has 1 aliphatic heterocycles. The van der Waals surface area contributed by atoms with Gasteiger partial charge in [0.05, 0.1) is 23.1 Å². The Morgan fingerprint density at radius 2 is 1.08 bits per heavy atom. The molecule has 4 aromatic rings. The monoisotopic (exact) mass is 485 g/mol. The summed E-state index contributed by atoms with van der Waals surface area (Å²) in [5.41, 5.74) is 6.34. The Balaban J connectivity index is 1.19. The molecule has 4 aromatic carbocycles. The second-order valence-corrected chi connectivity index (χ2v) is 9.89. The summed E-state index contributed by atoms with van der Waals surface area (Å²) in [4.78, 5) is 41.6. The zero-order chi connectivity index (χ0) is 25.1. The van der Waals surface area contributed by atoms with E-state index in [1.165, 1.54) is 4.90 Å². The number of anilines is 1. The minimum atomic E-state index is -0.452. The minimum absolute atomic E-state index is 0.143. The molecular weight excluding hydrogens is 462 g/mol. The second kappa shape index (κ2) is 8.27. The molecule has 2 atom stereocenters. The highest BCUT2D eigenvalue weighted by Gasteiger charge is 2.61. The summed E-state index contributed by atoms with van der Waals surface area (Å²) in [6.45, 7) is 0.178. The molecule has 1 fully saturated rings. The van der Waals surface area contributed by atoms with Gasteiger partial charge >= 0.3 is 5.97 Å². The second-order valence-electron chi connectivity index (χ2n) is 9.89. The molecule has 2 bridgehead atoms. The van der Waals surface area contributed by atoms with Gasteiger partial charge < -0.3 is 4.74 Å². The van der Waals surface area contributed by atoms with Crippen molar-refractivity contribution in [3.8, 4) is 0 Å². The highest BCUT2D eigenvalue weighted by atomic mass is 16.5. The number of hydrogen-bond acceptors (Lipinski definition) is 4. The highest BCUT2D eigenvalue weighted by Crippen LogP contribution is 2.61. The minimum Gasteiger partial charge on any atom is -0.457 e. The zero-order valence-corrected chi connectivity index (χ0v) is 19.9. The fraction of sp³-hybridized carbons (Fsp3) is 0.156. The van der Waals surface area contributed by atoms with Crippen LogP contribution in [0.15, 0.2) is 103 Å². The van der Waals surface area contributed by atoms with E-state index < -0.39 is 17.8 Å². The van der Waals surface area contributed by atoms with Crippen molar-refractivity contribution >= 4 is 23.5 Å². The standard InChI is InChI=1S/C32H23NO4/c34-30-28-26-22-10-4-5-11-23(22)27(25-13-7-6-12-24(25)26)29(28)31(35)33(30)21-16-14-20(15-17-21)32(36)37-18-19-8-2-1-3-9-19/h1-17,26-29H,18H2. The molecule has 3 aliphatic carbocycles. The quantitative estimate of drug-likeness (QED) is 0.285. The number of carbonyl (C=O) groups excluding carboxylic acids is 3. The normalized spacial score (nSPS) is 22.9. The Labute approximate surface area is 214 Å². The van der Waals surface area contributed by atoms with Crippen molar-refractivity contribution < 1.29 is 19.1 Å².